The first-order valence-electron chi connectivity index (χ1n) is 2.75. The molecular weight excluding hydrogens is 253 g/mol. The third-order valence-corrected chi connectivity index (χ3v) is 5.39. The largest absolute Gasteiger partial charge is 0.223 e. The summed E-state index contributed by atoms with van der Waals surface area (Å²) in [6.07, 6.45) is 1.75. The fourth-order valence-corrected chi connectivity index (χ4v) is 2.79. The summed E-state index contributed by atoms with van der Waals surface area (Å²) in [6.45, 7) is 0.613. The van der Waals surface area contributed by atoms with Crippen LogP contribution in [0.2, 0.25) is 0 Å². The second kappa shape index (κ2) is 2.71. The summed E-state index contributed by atoms with van der Waals surface area (Å²) in [7, 11) is -2.92. The molecule has 1 fully saturated rings. The van der Waals surface area contributed by atoms with Gasteiger partial charge in [-0.2, -0.15) is 0 Å². The Morgan fingerprint density at radius 3 is 2.56 bits per heavy atom. The maximum atomic E-state index is 10.9. The van der Waals surface area contributed by atoms with Crippen LogP contribution in [0.4, 0.5) is 0 Å². The molecule has 0 amide bonds. The van der Waals surface area contributed by atoms with Crippen LogP contribution in [0.25, 0.3) is 0 Å². The molecule has 0 bridgehead atoms. The minimum absolute atomic E-state index is 0.219. The van der Waals surface area contributed by atoms with Gasteiger partial charge >= 0.3 is 0 Å². The summed E-state index contributed by atoms with van der Waals surface area (Å²) < 4.78 is 24.0. The number of hydrogen-bond donors (Lipinski definition) is 1. The molecule has 9 heavy (non-hydrogen) atoms. The molecule has 0 aromatic rings. The molecule has 1 rings (SSSR count). The highest BCUT2D eigenvalue weighted by atomic mass is 127. The van der Waals surface area contributed by atoms with E-state index in [0.717, 1.165) is 12.8 Å². The number of nitrogens with one attached hydrogen (secondary N) is 1. The minimum atomic E-state index is -2.92. The first-order chi connectivity index (χ1) is 4.13. The van der Waals surface area contributed by atoms with Crippen molar-refractivity contribution in [3.8, 4) is 0 Å². The summed E-state index contributed by atoms with van der Waals surface area (Å²) in [5.74, 6) is 0. The number of halogens is 1. The molecule has 1 atom stereocenters. The molecule has 0 aromatic carbocycles. The number of sulfonamides is 1. The first kappa shape index (κ1) is 7.74. The predicted octanol–water partition coefficient (Wildman–Crippen LogP) is 0.461. The Morgan fingerprint density at radius 1 is 1.56 bits per heavy atom. The van der Waals surface area contributed by atoms with Gasteiger partial charge < -0.3 is 0 Å². The van der Waals surface area contributed by atoms with Gasteiger partial charge in [0.25, 0.3) is 0 Å². The zero-order valence-electron chi connectivity index (χ0n) is 4.80. The SMILES string of the molecule is O=S1(=O)NCCCC1I. The highest BCUT2D eigenvalue weighted by molar-refractivity contribution is 14.1. The van der Waals surface area contributed by atoms with Gasteiger partial charge in [-0.3, -0.25) is 0 Å². The van der Waals surface area contributed by atoms with Crippen molar-refractivity contribution in [2.45, 2.75) is 16.1 Å². The number of alkyl halides is 1. The Hall–Kier alpha value is 0.640. The van der Waals surface area contributed by atoms with E-state index < -0.39 is 10.0 Å². The Balaban J connectivity index is 2.72. The molecule has 1 N–H and O–H groups in total. The van der Waals surface area contributed by atoms with Crippen LogP contribution in [0.3, 0.4) is 0 Å². The van der Waals surface area contributed by atoms with Gasteiger partial charge in [0.05, 0.1) is 0 Å². The van der Waals surface area contributed by atoms with Gasteiger partial charge in [0.15, 0.2) is 0 Å². The second-order valence-corrected chi connectivity index (χ2v) is 6.29. The monoisotopic (exact) mass is 261 g/mol. The fraction of sp³-hybridized carbons (Fsp3) is 1.00. The molecule has 1 heterocycles. The van der Waals surface area contributed by atoms with Gasteiger partial charge in [-0.05, 0) is 12.8 Å². The zero-order chi connectivity index (χ0) is 6.91. The van der Waals surface area contributed by atoms with Gasteiger partial charge in [0, 0.05) is 6.54 Å². The molecule has 0 aliphatic carbocycles. The van der Waals surface area contributed by atoms with Crippen molar-refractivity contribution in [2.75, 3.05) is 6.54 Å². The van der Waals surface area contributed by atoms with Gasteiger partial charge in [-0.15, -0.1) is 0 Å². The number of rotatable bonds is 0. The van der Waals surface area contributed by atoms with E-state index in [1.807, 2.05) is 22.6 Å². The summed E-state index contributed by atoms with van der Waals surface area (Å²) in [5.41, 5.74) is 0. The van der Waals surface area contributed by atoms with E-state index in [1.165, 1.54) is 0 Å². The molecule has 0 aromatic heterocycles. The van der Waals surface area contributed by atoms with Crippen molar-refractivity contribution in [1.29, 1.82) is 0 Å². The molecule has 54 valence electrons. The van der Waals surface area contributed by atoms with Crippen molar-refractivity contribution in [1.82, 2.24) is 4.72 Å². The summed E-state index contributed by atoms with van der Waals surface area (Å²) in [5, 5.41) is 0. The maximum Gasteiger partial charge on any atom is 0.223 e. The van der Waals surface area contributed by atoms with Crippen LogP contribution < -0.4 is 4.72 Å². The topological polar surface area (TPSA) is 46.2 Å². The lowest BCUT2D eigenvalue weighted by atomic mass is 10.3. The van der Waals surface area contributed by atoms with E-state index in [9.17, 15) is 8.42 Å². The molecular formula is C4H8INO2S. The Morgan fingerprint density at radius 2 is 2.22 bits per heavy atom. The van der Waals surface area contributed by atoms with E-state index in [2.05, 4.69) is 4.72 Å². The molecule has 1 aliphatic heterocycles. The highest BCUT2D eigenvalue weighted by Gasteiger charge is 2.24. The van der Waals surface area contributed by atoms with Crippen LogP contribution in [-0.2, 0) is 10.0 Å². The molecule has 3 nitrogen and oxygen atoms in total. The summed E-state index contributed by atoms with van der Waals surface area (Å²) >= 11 is 1.95. The molecule has 0 saturated carbocycles. The predicted molar refractivity (Wildman–Crippen MR) is 44.0 cm³/mol. The van der Waals surface area contributed by atoms with Crippen molar-refractivity contribution >= 4 is 32.6 Å². The van der Waals surface area contributed by atoms with Gasteiger partial charge in [-0.25, -0.2) is 13.1 Å². The maximum absolute atomic E-state index is 10.9. The zero-order valence-corrected chi connectivity index (χ0v) is 7.78. The average molecular weight is 261 g/mol. The van der Waals surface area contributed by atoms with Crippen molar-refractivity contribution in [3.05, 3.63) is 0 Å². The van der Waals surface area contributed by atoms with Crippen molar-refractivity contribution in [3.63, 3.8) is 0 Å². The van der Waals surface area contributed by atoms with Crippen LogP contribution in [0.5, 0.6) is 0 Å². The smallest absolute Gasteiger partial charge is 0.214 e. The van der Waals surface area contributed by atoms with Gasteiger partial charge in [0.2, 0.25) is 10.0 Å². The average Bonchev–Trinajstić information content (AvgIpc) is 1.77. The quantitative estimate of drug-likeness (QED) is 0.508. The molecule has 5 heteroatoms. The van der Waals surface area contributed by atoms with Crippen LogP contribution in [0, 0.1) is 0 Å². The fourth-order valence-electron chi connectivity index (χ4n) is 0.723. The van der Waals surface area contributed by atoms with Crippen LogP contribution in [-0.4, -0.2) is 18.2 Å². The van der Waals surface area contributed by atoms with E-state index in [4.69, 9.17) is 0 Å². The molecule has 0 radical (unpaired) electrons. The lowest BCUT2D eigenvalue weighted by molar-refractivity contribution is 0.557. The summed E-state index contributed by atoms with van der Waals surface area (Å²) in [4.78, 5) is 0. The van der Waals surface area contributed by atoms with E-state index >= 15 is 0 Å². The van der Waals surface area contributed by atoms with Crippen LogP contribution in [0.15, 0.2) is 0 Å². The van der Waals surface area contributed by atoms with E-state index in [0.29, 0.717) is 6.54 Å². The van der Waals surface area contributed by atoms with E-state index in [1.54, 1.807) is 0 Å². The van der Waals surface area contributed by atoms with Crippen molar-refractivity contribution in [2.24, 2.45) is 0 Å². The van der Waals surface area contributed by atoms with E-state index in [-0.39, 0.29) is 3.26 Å². The highest BCUT2D eigenvalue weighted by Crippen LogP contribution is 2.18. The lowest BCUT2D eigenvalue weighted by Gasteiger charge is -2.17. The molecule has 1 saturated heterocycles. The number of hydrogen-bond acceptors (Lipinski definition) is 2. The third-order valence-electron chi connectivity index (χ3n) is 1.25. The van der Waals surface area contributed by atoms with Gasteiger partial charge in [-0.1, -0.05) is 22.6 Å². The van der Waals surface area contributed by atoms with Gasteiger partial charge in [0.1, 0.15) is 3.26 Å². The Bertz CT molecular complexity index is 189. The first-order valence-corrected chi connectivity index (χ1v) is 5.55. The van der Waals surface area contributed by atoms with Crippen LogP contribution >= 0.6 is 22.6 Å². The Labute approximate surface area is 68.4 Å². The van der Waals surface area contributed by atoms with Crippen molar-refractivity contribution < 1.29 is 8.42 Å². The lowest BCUT2D eigenvalue weighted by Crippen LogP contribution is -2.36. The summed E-state index contributed by atoms with van der Waals surface area (Å²) in [6, 6.07) is 0. The molecule has 1 aliphatic rings. The Kier molecular flexibility index (Phi) is 2.33. The second-order valence-electron chi connectivity index (χ2n) is 1.99. The normalized spacial score (nSPS) is 34.1. The minimum Gasteiger partial charge on any atom is -0.214 e. The van der Waals surface area contributed by atoms with Crippen LogP contribution in [0.1, 0.15) is 12.8 Å². The molecule has 1 unspecified atom stereocenters. The molecule has 0 spiro atoms. The standard InChI is InChI=1S/C4H8INO2S/c5-4-2-1-3-6-9(4,7)8/h4,6H,1-3H2. The third kappa shape index (κ3) is 1.78.